The minimum Gasteiger partial charge on any atom is -0.444 e. The second-order valence-corrected chi connectivity index (χ2v) is 19.0. The average Bonchev–Trinajstić information content (AvgIpc) is 3.49. The summed E-state index contributed by atoms with van der Waals surface area (Å²) in [6.07, 6.45) is 6.83. The third-order valence-electron chi connectivity index (χ3n) is 7.93. The van der Waals surface area contributed by atoms with Gasteiger partial charge in [0.1, 0.15) is 18.0 Å². The van der Waals surface area contributed by atoms with Gasteiger partial charge in [0, 0.05) is 68.8 Å². The van der Waals surface area contributed by atoms with Gasteiger partial charge in [0.05, 0.1) is 5.69 Å². The summed E-state index contributed by atoms with van der Waals surface area (Å²) in [6, 6.07) is 5.63. The molecule has 3 aromatic rings. The molecular weight excluding hydrogens is 494 g/mol. The molecule has 1 saturated heterocycles. The molecule has 0 atom stereocenters. The van der Waals surface area contributed by atoms with E-state index >= 15 is 0 Å². The lowest BCUT2D eigenvalue weighted by Crippen LogP contribution is -2.46. The van der Waals surface area contributed by atoms with E-state index in [1.54, 1.807) is 0 Å². The Morgan fingerprint density at radius 3 is 2.50 bits per heavy atom. The van der Waals surface area contributed by atoms with Crippen molar-refractivity contribution in [2.75, 3.05) is 19.7 Å². The van der Waals surface area contributed by atoms with Crippen LogP contribution < -0.4 is 0 Å². The van der Waals surface area contributed by atoms with Crippen LogP contribution >= 0.6 is 0 Å². The van der Waals surface area contributed by atoms with Crippen molar-refractivity contribution in [3.63, 3.8) is 0 Å². The zero-order valence-electron chi connectivity index (χ0n) is 24.1. The molecule has 0 unspecified atom stereocenters. The Balaban J connectivity index is 1.30. The van der Waals surface area contributed by atoms with E-state index in [1.165, 1.54) is 11.3 Å². The minimum atomic E-state index is -1.10. The van der Waals surface area contributed by atoms with E-state index in [0.29, 0.717) is 6.73 Å². The van der Waals surface area contributed by atoms with Crippen LogP contribution in [0.2, 0.25) is 25.7 Å². The van der Waals surface area contributed by atoms with Gasteiger partial charge < -0.3 is 18.9 Å². The zero-order chi connectivity index (χ0) is 27.3. The Labute approximate surface area is 227 Å². The van der Waals surface area contributed by atoms with Crippen LogP contribution in [0.3, 0.4) is 0 Å². The fourth-order valence-corrected chi connectivity index (χ4v) is 6.43. The minimum absolute atomic E-state index is 0.0772. The number of carbonyl (C=O) groups excluding carboxylic acids is 1. The monoisotopic (exact) mass is 537 g/mol. The highest BCUT2D eigenvalue weighted by molar-refractivity contribution is 6.76. The maximum atomic E-state index is 12.6. The number of carbonyl (C=O) groups is 1. The Hall–Kier alpha value is -2.65. The van der Waals surface area contributed by atoms with E-state index in [1.807, 2.05) is 31.9 Å². The van der Waals surface area contributed by atoms with E-state index in [-0.39, 0.29) is 11.5 Å². The molecule has 0 saturated carbocycles. The van der Waals surface area contributed by atoms with Gasteiger partial charge in [-0.25, -0.2) is 9.78 Å². The molecule has 5 heterocycles. The van der Waals surface area contributed by atoms with Gasteiger partial charge in [-0.3, -0.25) is 4.68 Å². The standard InChI is InChI=1S/C29H43N5O3Si/c1-21-19-33(20-36-14-15-38(5,6)7)26-23(21)16-22(18-30-26)24-17-25-29(10-13-34(25)31-24)8-11-32(12-9-29)27(35)37-28(2,3)4/h16-19H,8-15,20H2,1-7H3. The van der Waals surface area contributed by atoms with Crippen LogP contribution in [-0.2, 0) is 28.2 Å². The number of aryl methyl sites for hydroxylation is 2. The zero-order valence-corrected chi connectivity index (χ0v) is 25.1. The van der Waals surface area contributed by atoms with Crippen molar-refractivity contribution < 1.29 is 14.3 Å². The molecule has 1 fully saturated rings. The largest absolute Gasteiger partial charge is 0.444 e. The van der Waals surface area contributed by atoms with E-state index in [0.717, 1.165) is 73.8 Å². The van der Waals surface area contributed by atoms with E-state index < -0.39 is 13.7 Å². The van der Waals surface area contributed by atoms with E-state index in [9.17, 15) is 4.79 Å². The number of likely N-dealkylation sites (tertiary alicyclic amines) is 1. The Kier molecular flexibility index (Phi) is 6.96. The van der Waals surface area contributed by atoms with Crippen molar-refractivity contribution in [3.05, 3.63) is 35.8 Å². The van der Waals surface area contributed by atoms with Crippen LogP contribution in [0.5, 0.6) is 0 Å². The number of aromatic nitrogens is 4. The summed E-state index contributed by atoms with van der Waals surface area (Å²) >= 11 is 0. The second kappa shape index (κ2) is 9.83. The lowest BCUT2D eigenvalue weighted by molar-refractivity contribution is 0.0164. The second-order valence-electron chi connectivity index (χ2n) is 13.4. The normalized spacial score (nSPS) is 17.4. The summed E-state index contributed by atoms with van der Waals surface area (Å²) in [7, 11) is -1.10. The van der Waals surface area contributed by atoms with E-state index in [4.69, 9.17) is 19.6 Å². The molecule has 5 rings (SSSR count). The van der Waals surface area contributed by atoms with Crippen LogP contribution in [-0.4, -0.2) is 63.7 Å². The molecular formula is C29H43N5O3Si. The Bertz CT molecular complexity index is 1320. The number of hydrogen-bond donors (Lipinski definition) is 0. The van der Waals surface area contributed by atoms with Gasteiger partial charge in [-0.05, 0) is 70.7 Å². The molecule has 0 aromatic carbocycles. The summed E-state index contributed by atoms with van der Waals surface area (Å²) in [5.41, 5.74) is 5.07. The molecule has 8 nitrogen and oxygen atoms in total. The highest BCUT2D eigenvalue weighted by Gasteiger charge is 2.44. The van der Waals surface area contributed by atoms with Crippen molar-refractivity contribution in [2.45, 2.75) is 96.9 Å². The molecule has 0 N–H and O–H groups in total. The first-order valence-corrected chi connectivity index (χ1v) is 17.6. The van der Waals surface area contributed by atoms with Crippen molar-refractivity contribution in [2.24, 2.45) is 0 Å². The first kappa shape index (κ1) is 26.9. The number of hydrogen-bond acceptors (Lipinski definition) is 5. The van der Waals surface area contributed by atoms with Crippen LogP contribution in [0.15, 0.2) is 24.5 Å². The van der Waals surface area contributed by atoms with Crippen molar-refractivity contribution >= 4 is 25.2 Å². The number of ether oxygens (including phenoxy) is 2. The Morgan fingerprint density at radius 1 is 1.11 bits per heavy atom. The SMILES string of the molecule is Cc1cn(COCC[Si](C)(C)C)c2ncc(-c3cc4n(n3)CCC43CCN(C(=O)OC(C)(C)C)CC3)cc12. The number of amides is 1. The van der Waals surface area contributed by atoms with Crippen molar-refractivity contribution in [1.82, 2.24) is 24.2 Å². The molecule has 206 valence electrons. The third kappa shape index (κ3) is 5.54. The molecule has 1 spiro atoms. The molecule has 2 aliphatic heterocycles. The molecule has 9 heteroatoms. The van der Waals surface area contributed by atoms with Gasteiger partial charge in [0.15, 0.2) is 0 Å². The summed E-state index contributed by atoms with van der Waals surface area (Å²) in [6.45, 7) is 18.7. The van der Waals surface area contributed by atoms with Gasteiger partial charge in [-0.2, -0.15) is 5.10 Å². The van der Waals surface area contributed by atoms with Crippen LogP contribution in [0.1, 0.15) is 51.3 Å². The summed E-state index contributed by atoms with van der Waals surface area (Å²) in [4.78, 5) is 19.3. The van der Waals surface area contributed by atoms with Crippen molar-refractivity contribution in [1.29, 1.82) is 0 Å². The lowest BCUT2D eigenvalue weighted by Gasteiger charge is -2.39. The Morgan fingerprint density at radius 2 is 1.82 bits per heavy atom. The molecule has 0 bridgehead atoms. The fourth-order valence-electron chi connectivity index (χ4n) is 5.67. The average molecular weight is 538 g/mol. The molecule has 38 heavy (non-hydrogen) atoms. The van der Waals surface area contributed by atoms with Gasteiger partial charge in [-0.1, -0.05) is 19.6 Å². The first-order valence-electron chi connectivity index (χ1n) is 13.9. The van der Waals surface area contributed by atoms with Crippen LogP contribution in [0.4, 0.5) is 4.79 Å². The molecule has 0 radical (unpaired) electrons. The molecule has 0 aliphatic carbocycles. The van der Waals surface area contributed by atoms with Crippen LogP contribution in [0.25, 0.3) is 22.3 Å². The van der Waals surface area contributed by atoms with Gasteiger partial charge in [0.2, 0.25) is 0 Å². The topological polar surface area (TPSA) is 74.4 Å². The molecule has 2 aliphatic rings. The lowest BCUT2D eigenvalue weighted by atomic mass is 9.75. The van der Waals surface area contributed by atoms with Crippen LogP contribution in [0, 0.1) is 6.92 Å². The van der Waals surface area contributed by atoms with E-state index in [2.05, 4.69) is 54.1 Å². The van der Waals surface area contributed by atoms with Gasteiger partial charge in [-0.15, -0.1) is 0 Å². The maximum absolute atomic E-state index is 12.6. The maximum Gasteiger partial charge on any atom is 0.410 e. The summed E-state index contributed by atoms with van der Waals surface area (Å²) in [5, 5.41) is 6.13. The summed E-state index contributed by atoms with van der Waals surface area (Å²) < 4.78 is 15.9. The number of rotatable bonds is 6. The fraction of sp³-hybridized carbons (Fsp3) is 0.621. The molecule has 1 amide bonds. The first-order chi connectivity index (χ1) is 17.8. The van der Waals surface area contributed by atoms with Gasteiger partial charge >= 0.3 is 6.09 Å². The molecule has 3 aromatic heterocycles. The third-order valence-corrected chi connectivity index (χ3v) is 9.64. The number of nitrogens with zero attached hydrogens (tertiary/aromatic N) is 5. The number of piperidine rings is 1. The van der Waals surface area contributed by atoms with Gasteiger partial charge in [0.25, 0.3) is 0 Å². The smallest absolute Gasteiger partial charge is 0.410 e. The number of pyridine rings is 1. The predicted molar refractivity (Wildman–Crippen MR) is 153 cm³/mol. The number of fused-ring (bicyclic) bond motifs is 3. The predicted octanol–water partition coefficient (Wildman–Crippen LogP) is 6.19. The quantitative estimate of drug-likeness (QED) is 0.277. The van der Waals surface area contributed by atoms with Crippen molar-refractivity contribution in [3.8, 4) is 11.3 Å². The highest BCUT2D eigenvalue weighted by atomic mass is 28.3. The highest BCUT2D eigenvalue weighted by Crippen LogP contribution is 2.44. The summed E-state index contributed by atoms with van der Waals surface area (Å²) in [5.74, 6) is 0.